The maximum atomic E-state index is 12.3. The second-order valence-electron chi connectivity index (χ2n) is 5.90. The molecule has 0 saturated carbocycles. The molecule has 1 aromatic carbocycles. The summed E-state index contributed by atoms with van der Waals surface area (Å²) in [7, 11) is 3.08. The molecule has 2 atom stereocenters. The van der Waals surface area contributed by atoms with E-state index in [0.717, 1.165) is 19.4 Å². The van der Waals surface area contributed by atoms with E-state index in [1.54, 1.807) is 19.2 Å². The lowest BCUT2D eigenvalue weighted by Crippen LogP contribution is -2.39. The van der Waals surface area contributed by atoms with Gasteiger partial charge in [-0.05, 0) is 18.9 Å². The molecule has 2 aliphatic rings. The highest BCUT2D eigenvalue weighted by Crippen LogP contribution is 2.34. The third kappa shape index (κ3) is 3.99. The Hall–Kier alpha value is -1.99. The van der Waals surface area contributed by atoms with Gasteiger partial charge in [0.2, 0.25) is 6.10 Å². The summed E-state index contributed by atoms with van der Waals surface area (Å²) >= 11 is 6.19. The van der Waals surface area contributed by atoms with Gasteiger partial charge in [-0.2, -0.15) is 0 Å². The van der Waals surface area contributed by atoms with E-state index in [-0.39, 0.29) is 12.0 Å². The Morgan fingerprint density at radius 2 is 2.16 bits per heavy atom. The fourth-order valence-corrected chi connectivity index (χ4v) is 3.14. The van der Waals surface area contributed by atoms with Crippen LogP contribution in [0.5, 0.6) is 11.5 Å². The van der Waals surface area contributed by atoms with Crippen LogP contribution < -0.4 is 14.8 Å². The zero-order valence-electron chi connectivity index (χ0n) is 14.2. The van der Waals surface area contributed by atoms with E-state index < -0.39 is 6.10 Å². The molecular formula is C17H21ClN2O5. The lowest BCUT2D eigenvalue weighted by atomic mass is 10.0. The summed E-state index contributed by atoms with van der Waals surface area (Å²) < 4.78 is 16.1. The number of benzene rings is 1. The highest BCUT2D eigenvalue weighted by atomic mass is 35.5. The van der Waals surface area contributed by atoms with Crippen molar-refractivity contribution in [3.63, 3.8) is 0 Å². The number of nitrogens with one attached hydrogen (secondary N) is 1. The van der Waals surface area contributed by atoms with E-state index in [0.29, 0.717) is 40.8 Å². The maximum absolute atomic E-state index is 12.3. The van der Waals surface area contributed by atoms with Crippen LogP contribution in [0.3, 0.4) is 0 Å². The zero-order chi connectivity index (χ0) is 17.8. The number of rotatable bonds is 6. The highest BCUT2D eigenvalue weighted by Gasteiger charge is 2.31. The maximum Gasteiger partial charge on any atom is 0.264 e. The van der Waals surface area contributed by atoms with E-state index in [1.807, 2.05) is 0 Å². The summed E-state index contributed by atoms with van der Waals surface area (Å²) in [6.45, 7) is 1.25. The molecule has 0 spiro atoms. The van der Waals surface area contributed by atoms with E-state index in [1.165, 1.54) is 7.11 Å². The van der Waals surface area contributed by atoms with Gasteiger partial charge in [0, 0.05) is 31.2 Å². The molecule has 136 valence electrons. The van der Waals surface area contributed by atoms with Crippen molar-refractivity contribution in [3.8, 4) is 11.5 Å². The quantitative estimate of drug-likeness (QED) is 0.832. The molecule has 1 amide bonds. The number of halogens is 1. The number of hydrogen-bond acceptors (Lipinski definition) is 6. The first-order chi connectivity index (χ1) is 12.1. The monoisotopic (exact) mass is 368 g/mol. The van der Waals surface area contributed by atoms with Crippen LogP contribution in [-0.2, 0) is 14.4 Å². The number of ether oxygens (including phenoxy) is 3. The number of methoxy groups -OCH3 is 2. The number of carbonyl (C=O) groups excluding carboxylic acids is 1. The molecular weight excluding hydrogens is 348 g/mol. The van der Waals surface area contributed by atoms with Crippen molar-refractivity contribution in [3.05, 3.63) is 22.7 Å². The average molecular weight is 369 g/mol. The minimum Gasteiger partial charge on any atom is -0.496 e. The Balaban J connectivity index is 1.63. The number of hydrogen-bond donors (Lipinski definition) is 1. The first-order valence-corrected chi connectivity index (χ1v) is 8.54. The molecule has 2 aliphatic heterocycles. The van der Waals surface area contributed by atoms with Crippen molar-refractivity contribution in [1.29, 1.82) is 0 Å². The van der Waals surface area contributed by atoms with Crippen molar-refractivity contribution in [2.45, 2.75) is 31.5 Å². The lowest BCUT2D eigenvalue weighted by Gasteiger charge is -2.13. The number of amides is 1. The molecule has 1 fully saturated rings. The van der Waals surface area contributed by atoms with Gasteiger partial charge in [0.15, 0.2) is 0 Å². The van der Waals surface area contributed by atoms with E-state index >= 15 is 0 Å². The molecule has 25 heavy (non-hydrogen) atoms. The van der Waals surface area contributed by atoms with Crippen LogP contribution in [0.25, 0.3) is 0 Å². The zero-order valence-corrected chi connectivity index (χ0v) is 15.0. The van der Waals surface area contributed by atoms with E-state index in [9.17, 15) is 4.79 Å². The van der Waals surface area contributed by atoms with Gasteiger partial charge in [-0.3, -0.25) is 4.79 Å². The van der Waals surface area contributed by atoms with E-state index in [4.69, 9.17) is 30.6 Å². The molecule has 1 N–H and O–H groups in total. The van der Waals surface area contributed by atoms with E-state index in [2.05, 4.69) is 10.5 Å². The largest absolute Gasteiger partial charge is 0.496 e. The minimum absolute atomic E-state index is 0.0891. The molecule has 7 nitrogen and oxygen atoms in total. The number of carbonyl (C=O) groups is 1. The first kappa shape index (κ1) is 17.8. The normalized spacial score (nSPS) is 22.3. The smallest absolute Gasteiger partial charge is 0.264 e. The summed E-state index contributed by atoms with van der Waals surface area (Å²) in [5, 5.41) is 7.33. The van der Waals surface area contributed by atoms with Gasteiger partial charge in [-0.25, -0.2) is 0 Å². The molecule has 2 unspecified atom stereocenters. The Bertz CT molecular complexity index is 673. The van der Waals surface area contributed by atoms with Gasteiger partial charge in [-0.15, -0.1) is 0 Å². The van der Waals surface area contributed by atoms with Crippen LogP contribution in [0.15, 0.2) is 17.3 Å². The topological polar surface area (TPSA) is 78.4 Å². The van der Waals surface area contributed by atoms with Crippen molar-refractivity contribution < 1.29 is 23.8 Å². The molecule has 0 radical (unpaired) electrons. The van der Waals surface area contributed by atoms with Gasteiger partial charge < -0.3 is 24.4 Å². The summed E-state index contributed by atoms with van der Waals surface area (Å²) in [6, 6.07) is 3.39. The van der Waals surface area contributed by atoms with Crippen molar-refractivity contribution in [2.24, 2.45) is 5.16 Å². The number of oxime groups is 1. The fraction of sp³-hybridized carbons (Fsp3) is 0.529. The Morgan fingerprint density at radius 1 is 1.36 bits per heavy atom. The van der Waals surface area contributed by atoms with Crippen molar-refractivity contribution >= 4 is 23.2 Å². The first-order valence-electron chi connectivity index (χ1n) is 8.16. The van der Waals surface area contributed by atoms with Crippen molar-refractivity contribution in [1.82, 2.24) is 5.32 Å². The van der Waals surface area contributed by atoms with Crippen LogP contribution in [0.2, 0.25) is 5.02 Å². The van der Waals surface area contributed by atoms with Gasteiger partial charge in [0.1, 0.15) is 11.5 Å². The Kier molecular flexibility index (Phi) is 5.65. The molecule has 1 aromatic rings. The predicted molar refractivity (Wildman–Crippen MR) is 92.6 cm³/mol. The van der Waals surface area contributed by atoms with Crippen molar-refractivity contribution in [2.75, 3.05) is 27.4 Å². The second kappa shape index (κ2) is 7.93. The minimum atomic E-state index is -0.665. The van der Waals surface area contributed by atoms with Gasteiger partial charge >= 0.3 is 0 Å². The Labute approximate surface area is 151 Å². The van der Waals surface area contributed by atoms with Gasteiger partial charge in [-0.1, -0.05) is 16.8 Å². The molecule has 3 rings (SSSR count). The summed E-state index contributed by atoms with van der Waals surface area (Å²) in [6.07, 6.45) is 1.77. The predicted octanol–water partition coefficient (Wildman–Crippen LogP) is 2.15. The third-order valence-electron chi connectivity index (χ3n) is 4.27. The highest BCUT2D eigenvalue weighted by molar-refractivity contribution is 6.32. The molecule has 0 aliphatic carbocycles. The fourth-order valence-electron chi connectivity index (χ4n) is 2.90. The van der Waals surface area contributed by atoms with Crippen LogP contribution in [-0.4, -0.2) is 51.2 Å². The molecule has 1 saturated heterocycles. The third-order valence-corrected chi connectivity index (χ3v) is 4.57. The molecule has 0 aromatic heterocycles. The molecule has 8 heteroatoms. The van der Waals surface area contributed by atoms with Crippen LogP contribution in [0.4, 0.5) is 0 Å². The summed E-state index contributed by atoms with van der Waals surface area (Å²) in [4.78, 5) is 17.6. The lowest BCUT2D eigenvalue weighted by molar-refractivity contribution is -0.131. The van der Waals surface area contributed by atoms with Crippen LogP contribution in [0, 0.1) is 0 Å². The Morgan fingerprint density at radius 3 is 2.84 bits per heavy atom. The standard InChI is InChI=1S/C17H21ClN2O5/c1-22-14-8-15(23-2)12(18)6-11(14)13-7-16(25-20-13)17(21)19-9-10-4-3-5-24-10/h6,8,10,16H,3-5,7,9H2,1-2H3,(H,19,21). The molecule has 2 heterocycles. The van der Waals surface area contributed by atoms with Gasteiger partial charge in [0.05, 0.1) is 31.1 Å². The van der Waals surface area contributed by atoms with Gasteiger partial charge in [0.25, 0.3) is 5.91 Å². The second-order valence-corrected chi connectivity index (χ2v) is 6.31. The number of nitrogens with zero attached hydrogens (tertiary/aromatic N) is 1. The van der Waals surface area contributed by atoms with Crippen LogP contribution in [0.1, 0.15) is 24.8 Å². The summed E-state index contributed by atoms with van der Waals surface area (Å²) in [5.74, 6) is 0.865. The SMILES string of the molecule is COc1cc(OC)c(C2=NOC(C(=O)NCC3CCCO3)C2)cc1Cl. The average Bonchev–Trinajstić information content (AvgIpc) is 3.31. The summed E-state index contributed by atoms with van der Waals surface area (Å²) in [5.41, 5.74) is 1.29. The van der Waals surface area contributed by atoms with Crippen LogP contribution >= 0.6 is 11.6 Å². The molecule has 0 bridgehead atoms.